The van der Waals surface area contributed by atoms with Crippen molar-refractivity contribution in [2.24, 2.45) is 0 Å². The van der Waals surface area contributed by atoms with Gasteiger partial charge in [0.2, 0.25) is 8.07 Å². The average molecular weight is 1900 g/mol. The predicted molar refractivity (Wildman–Crippen MR) is 592 cm³/mol. The van der Waals surface area contributed by atoms with Crippen molar-refractivity contribution in [3.05, 3.63) is 417 Å². The van der Waals surface area contributed by atoms with Crippen LogP contribution in [0.5, 0.6) is 0 Å². The molecule has 0 saturated heterocycles. The van der Waals surface area contributed by atoms with Crippen molar-refractivity contribution in [1.29, 1.82) is 0 Å². The van der Waals surface area contributed by atoms with E-state index in [-0.39, 0.29) is 108 Å². The molecule has 8 aliphatic carbocycles. The lowest BCUT2D eigenvalue weighted by Gasteiger charge is -2.32. The Kier molecular flexibility index (Phi) is 27.8. The maximum absolute atomic E-state index is 14.8. The zero-order chi connectivity index (χ0) is 99.8. The molecule has 8 aliphatic rings. The molecule has 0 atom stereocenters. The van der Waals surface area contributed by atoms with E-state index in [0.717, 1.165) is 154 Å². The molecule has 0 spiro atoms. The molecule has 0 fully saturated rings. The van der Waals surface area contributed by atoms with Gasteiger partial charge in [-0.15, -0.1) is 35.1 Å². The first-order chi connectivity index (χ1) is 69.6. The first-order valence-electron chi connectivity index (χ1n) is 49.0. The summed E-state index contributed by atoms with van der Waals surface area (Å²) in [4.78, 5) is 119. The summed E-state index contributed by atoms with van der Waals surface area (Å²) in [5.41, 5.74) is 25.5. The number of benzene rings is 14. The number of hydrogen-bond donors (Lipinski definition) is 0. The molecule has 12 nitrogen and oxygen atoms in total. The number of fused-ring (bicyclic) bond motifs is 12. The van der Waals surface area contributed by atoms with Crippen molar-refractivity contribution < 1.29 is 38.4 Å². The number of rotatable bonds is 20. The standard InChI is InChI=1S/C43H37NO2Si.2C30H25NO2.C27H19NO2.CH4/c1-29(2)44(27-16-28-47(30(3)4,33-21-10-6-11-22-33)34-23-12-7-13-24-34)43(46)41-40-36-26-15-20-31-19-14-25-35(37(31)36)39(40)38(42(41)45)32-17-8-5-9-18-32;2*1-4-5-9-18-31(19(2)3)30(33)28-27-23-17-11-15-20-14-10-16-22(24(20)23)26(27)25(29(28)32)21-12-7-6-8-13-21;1-3-4-16-28(2)27(30)25-24-20-15-9-13-17-12-8-14-19(21(17)20)23(24)22(26(25)29)18-10-6-5-7-11-18;/h5-15,17-26,29-30H,27H2,1-4H3;2*6-8,10-17,19H,9,18H2,1-3H3;5-15H,16H2,1-2H3;1H4. The summed E-state index contributed by atoms with van der Waals surface area (Å²) in [6.45, 7) is 23.3. The minimum absolute atomic E-state index is 0. The quantitative estimate of drug-likeness (QED) is 0.0416. The van der Waals surface area contributed by atoms with Crippen LogP contribution in [0, 0.1) is 47.0 Å². The zero-order valence-corrected chi connectivity index (χ0v) is 83.3. The summed E-state index contributed by atoms with van der Waals surface area (Å²) in [7, 11) is -0.854. The number of carbonyl (C=O) groups is 8. The van der Waals surface area contributed by atoms with Gasteiger partial charge in [-0.05, 0) is 188 Å². The van der Waals surface area contributed by atoms with Gasteiger partial charge in [-0.3, -0.25) is 38.4 Å². The monoisotopic (exact) mass is 1890 g/mol. The second kappa shape index (κ2) is 41.1. The summed E-state index contributed by atoms with van der Waals surface area (Å²) in [6.07, 6.45) is 1.16. The van der Waals surface area contributed by atoms with E-state index in [9.17, 15) is 38.4 Å². The molecule has 144 heavy (non-hydrogen) atoms. The van der Waals surface area contributed by atoms with Crippen LogP contribution >= 0.6 is 0 Å². The van der Waals surface area contributed by atoms with E-state index in [1.807, 2.05) is 254 Å². The molecule has 0 aliphatic heterocycles. The summed E-state index contributed by atoms with van der Waals surface area (Å²) in [5, 5.41) is 11.4. The first kappa shape index (κ1) is 97.3. The predicted octanol–water partition coefficient (Wildman–Crippen LogP) is 24.3. The number of likely N-dealkylation sites (N-methyl/N-ethyl adjacent to an activating group) is 1. The normalized spacial score (nSPS) is 13.9. The van der Waals surface area contributed by atoms with E-state index >= 15 is 0 Å². The second-order valence-corrected chi connectivity index (χ2v) is 41.9. The molecular weight excluding hydrogens is 1790 g/mol. The molecule has 0 bridgehead atoms. The zero-order valence-electron chi connectivity index (χ0n) is 82.3. The highest BCUT2D eigenvalue weighted by molar-refractivity contribution is 7.09. The third-order valence-corrected chi connectivity index (χ3v) is 33.1. The molecule has 4 amide bonds. The van der Waals surface area contributed by atoms with E-state index in [0.29, 0.717) is 53.8 Å². The van der Waals surface area contributed by atoms with Crippen LogP contribution in [-0.2, 0) is 38.4 Å². The van der Waals surface area contributed by atoms with E-state index in [4.69, 9.17) is 0 Å². The van der Waals surface area contributed by atoms with Crippen molar-refractivity contribution in [3.63, 3.8) is 0 Å². The van der Waals surface area contributed by atoms with E-state index < -0.39 is 8.07 Å². The highest BCUT2D eigenvalue weighted by Crippen LogP contribution is 2.60. The topological polar surface area (TPSA) is 150 Å². The Morgan fingerprint density at radius 3 is 0.743 bits per heavy atom. The number of nitrogens with zero attached hydrogens (tertiary/aromatic N) is 4. The van der Waals surface area contributed by atoms with Crippen LogP contribution in [0.15, 0.2) is 350 Å². The van der Waals surface area contributed by atoms with Crippen molar-refractivity contribution in [2.45, 2.75) is 120 Å². The minimum atomic E-state index is -2.54. The molecule has 13 heteroatoms. The van der Waals surface area contributed by atoms with Gasteiger partial charge in [0.25, 0.3) is 23.6 Å². The van der Waals surface area contributed by atoms with Gasteiger partial charge in [0.15, 0.2) is 23.1 Å². The van der Waals surface area contributed by atoms with E-state index in [1.54, 1.807) is 42.5 Å². The Balaban J connectivity index is 0.000000128. The lowest BCUT2D eigenvalue weighted by Crippen LogP contribution is -2.60. The van der Waals surface area contributed by atoms with Gasteiger partial charge in [-0.2, -0.15) is 0 Å². The van der Waals surface area contributed by atoms with Gasteiger partial charge in [0.1, 0.15) is 0 Å². The van der Waals surface area contributed by atoms with Crippen LogP contribution < -0.4 is 10.4 Å². The summed E-state index contributed by atoms with van der Waals surface area (Å²) >= 11 is 0. The maximum Gasteiger partial charge on any atom is 0.259 e. The van der Waals surface area contributed by atoms with Crippen LogP contribution in [0.2, 0.25) is 5.54 Å². The minimum Gasteiger partial charge on any atom is -0.335 e. The molecular formula is C131H110N4O8Si. The fourth-order valence-electron chi connectivity index (χ4n) is 21.9. The lowest BCUT2D eigenvalue weighted by atomic mass is 9.95. The maximum atomic E-state index is 14.8. The van der Waals surface area contributed by atoms with Crippen LogP contribution in [0.25, 0.3) is 110 Å². The fourth-order valence-corrected chi connectivity index (χ4v) is 25.9. The number of Topliss-reactive ketones (excluding diaryl/α,β-unsaturated/α-hetero) is 4. The third kappa shape index (κ3) is 16.8. The average Bonchev–Trinajstić information content (AvgIpc) is 1.55. The van der Waals surface area contributed by atoms with Crippen molar-refractivity contribution >= 4 is 175 Å². The third-order valence-electron chi connectivity index (χ3n) is 28.4. The molecule has 0 radical (unpaired) electrons. The Morgan fingerprint density at radius 1 is 0.264 bits per heavy atom. The highest BCUT2D eigenvalue weighted by atomic mass is 28.3. The van der Waals surface area contributed by atoms with Crippen LogP contribution in [-0.4, -0.2) is 126 Å². The number of amides is 4. The Bertz CT molecular complexity index is 8020. The smallest absolute Gasteiger partial charge is 0.259 e. The molecule has 14 aromatic carbocycles. The molecule has 0 unspecified atom stereocenters. The van der Waals surface area contributed by atoms with Crippen molar-refractivity contribution in [2.75, 3.05) is 33.2 Å². The number of hydrogen-bond acceptors (Lipinski definition) is 8. The van der Waals surface area contributed by atoms with E-state index in [1.165, 1.54) is 15.3 Å². The second-order valence-electron chi connectivity index (χ2n) is 37.8. The van der Waals surface area contributed by atoms with Gasteiger partial charge in [-0.25, -0.2) is 0 Å². The molecule has 0 saturated carbocycles. The van der Waals surface area contributed by atoms with Crippen LogP contribution in [0.3, 0.4) is 0 Å². The summed E-state index contributed by atoms with van der Waals surface area (Å²) in [5.74, 6) is 19.4. The van der Waals surface area contributed by atoms with Crippen molar-refractivity contribution in [3.8, 4) is 47.0 Å². The van der Waals surface area contributed by atoms with Crippen LogP contribution in [0.1, 0.15) is 163 Å². The molecule has 706 valence electrons. The van der Waals surface area contributed by atoms with Gasteiger partial charge >= 0.3 is 0 Å². The first-order valence-corrected chi connectivity index (χ1v) is 51.1. The van der Waals surface area contributed by atoms with Crippen molar-refractivity contribution in [1.82, 2.24) is 19.6 Å². The molecule has 0 N–H and O–H groups in total. The number of allylic oxidation sites excluding steroid dienone is 12. The van der Waals surface area contributed by atoms with Crippen LogP contribution in [0.4, 0.5) is 0 Å². The number of carbonyl (C=O) groups excluding carboxylic acids is 8. The summed E-state index contributed by atoms with van der Waals surface area (Å²) in [6, 6.07) is 109. The molecule has 0 aromatic heterocycles. The SMILES string of the molecule is C.CC#CCCN(C(=O)C1=C2C(=C(c3ccccc3)C1=O)c1cccc3cccc2c13)C(C)C.CC#CCCN(C(=O)C1=C2C(=C(c3ccccc3)C1=O)c1cccc3cccc2c13)C(C)C.CC#CCN(C)C(=O)C1=C2C(=C(c3ccccc3)C1=O)c1cccc3cccc2c13.CC(C)N(CC#C[Si](c1ccccc1)(c1ccccc1)C(C)C)C(=O)C1=C2C(=C(c3ccccc3)C1=O)c1cccc3cccc2c13. The summed E-state index contributed by atoms with van der Waals surface area (Å²) < 4.78 is 0. The Labute approximate surface area is 844 Å². The fraction of sp³-hybridized carbons (Fsp3) is 0.176. The van der Waals surface area contributed by atoms with Gasteiger partial charge in [0, 0.05) is 118 Å². The van der Waals surface area contributed by atoms with Gasteiger partial charge < -0.3 is 19.6 Å². The largest absolute Gasteiger partial charge is 0.335 e. The number of ketones is 4. The molecule has 0 heterocycles. The lowest BCUT2D eigenvalue weighted by molar-refractivity contribution is -0.131. The Morgan fingerprint density at radius 2 is 0.500 bits per heavy atom. The van der Waals surface area contributed by atoms with E-state index in [2.05, 4.69) is 176 Å². The molecule has 22 rings (SSSR count). The van der Waals surface area contributed by atoms with Gasteiger partial charge in [0.05, 0.1) is 35.4 Å². The van der Waals surface area contributed by atoms with Gasteiger partial charge in [-0.1, -0.05) is 361 Å². The molecule has 14 aromatic rings. The highest BCUT2D eigenvalue weighted by Gasteiger charge is 2.50. The Hall–Kier alpha value is -16.9.